The third kappa shape index (κ3) is 3.09. The van der Waals surface area contributed by atoms with Crippen molar-refractivity contribution in [2.45, 2.75) is 26.3 Å². The Hall–Kier alpha value is -1.07. The summed E-state index contributed by atoms with van der Waals surface area (Å²) >= 11 is 7.04. The SMILES string of the molecule is CSCC[C@@H]1NC(=S)N(c2cc(C)cc(C)c2)C1=O. The molecule has 3 nitrogen and oxygen atoms in total. The van der Waals surface area contributed by atoms with E-state index in [0.29, 0.717) is 5.11 Å². The lowest BCUT2D eigenvalue weighted by Gasteiger charge is -2.16. The van der Waals surface area contributed by atoms with Gasteiger partial charge in [-0.25, -0.2) is 0 Å². The number of benzene rings is 1. The highest BCUT2D eigenvalue weighted by Crippen LogP contribution is 2.23. The number of nitrogens with one attached hydrogen (secondary N) is 1. The number of thioether (sulfide) groups is 1. The molecule has 1 fully saturated rings. The fraction of sp³-hybridized carbons (Fsp3) is 0.429. The summed E-state index contributed by atoms with van der Waals surface area (Å²) in [5, 5.41) is 3.64. The highest BCUT2D eigenvalue weighted by Gasteiger charge is 2.35. The van der Waals surface area contributed by atoms with Crippen LogP contribution < -0.4 is 10.2 Å². The summed E-state index contributed by atoms with van der Waals surface area (Å²) in [6.45, 7) is 4.05. The van der Waals surface area contributed by atoms with Gasteiger partial charge in [-0.3, -0.25) is 9.69 Å². The molecular formula is C14H18N2OS2. The minimum absolute atomic E-state index is 0.0593. The molecule has 5 heteroatoms. The molecule has 19 heavy (non-hydrogen) atoms. The zero-order valence-corrected chi connectivity index (χ0v) is 13.0. The predicted molar refractivity (Wildman–Crippen MR) is 85.9 cm³/mol. The van der Waals surface area contributed by atoms with Crippen LogP contribution in [0.1, 0.15) is 17.5 Å². The maximum atomic E-state index is 12.4. The van der Waals surface area contributed by atoms with E-state index < -0.39 is 0 Å². The van der Waals surface area contributed by atoms with Gasteiger partial charge in [0.1, 0.15) is 6.04 Å². The van der Waals surface area contributed by atoms with Gasteiger partial charge >= 0.3 is 0 Å². The van der Waals surface area contributed by atoms with E-state index in [9.17, 15) is 4.79 Å². The van der Waals surface area contributed by atoms with Crippen molar-refractivity contribution in [3.8, 4) is 0 Å². The lowest BCUT2D eigenvalue weighted by molar-refractivity contribution is -0.118. The molecule has 1 aromatic rings. The van der Waals surface area contributed by atoms with Crippen LogP contribution in [-0.4, -0.2) is 29.1 Å². The van der Waals surface area contributed by atoms with Gasteiger partial charge in [0.05, 0.1) is 5.69 Å². The minimum Gasteiger partial charge on any atom is -0.350 e. The number of amides is 1. The summed E-state index contributed by atoms with van der Waals surface area (Å²) < 4.78 is 0. The van der Waals surface area contributed by atoms with Crippen molar-refractivity contribution in [3.63, 3.8) is 0 Å². The van der Waals surface area contributed by atoms with Crippen molar-refractivity contribution in [2.24, 2.45) is 0 Å². The molecule has 102 valence electrons. The average molecular weight is 294 g/mol. The fourth-order valence-electron chi connectivity index (χ4n) is 2.29. The first-order chi connectivity index (χ1) is 9.02. The largest absolute Gasteiger partial charge is 0.350 e. The van der Waals surface area contributed by atoms with Gasteiger partial charge in [0.15, 0.2) is 5.11 Å². The van der Waals surface area contributed by atoms with Gasteiger partial charge in [-0.05, 0) is 67.8 Å². The monoisotopic (exact) mass is 294 g/mol. The molecule has 2 rings (SSSR count). The number of carbonyl (C=O) groups is 1. The Balaban J connectivity index is 2.24. The minimum atomic E-state index is -0.180. The molecule has 0 aliphatic carbocycles. The third-order valence-corrected chi connectivity index (χ3v) is 4.04. The molecule has 0 spiro atoms. The lowest BCUT2D eigenvalue weighted by Crippen LogP contribution is -2.31. The normalized spacial score (nSPS) is 18.9. The molecule has 1 heterocycles. The standard InChI is InChI=1S/C14H18N2OS2/c1-9-6-10(2)8-11(7-9)16-13(17)12(4-5-19-3)15-14(16)18/h6-8,12H,4-5H2,1-3H3,(H,15,18)/t12-/m0/s1. The number of hydrogen-bond donors (Lipinski definition) is 1. The second-order valence-electron chi connectivity index (χ2n) is 4.80. The highest BCUT2D eigenvalue weighted by molar-refractivity contribution is 7.98. The Morgan fingerprint density at radius 3 is 2.53 bits per heavy atom. The smallest absolute Gasteiger partial charge is 0.255 e. The van der Waals surface area contributed by atoms with Crippen LogP contribution in [0.4, 0.5) is 5.69 Å². The molecule has 0 saturated carbocycles. The zero-order chi connectivity index (χ0) is 14.0. The van der Waals surface area contributed by atoms with Crippen LogP contribution >= 0.6 is 24.0 Å². The second-order valence-corrected chi connectivity index (χ2v) is 6.18. The van der Waals surface area contributed by atoms with Crippen molar-refractivity contribution in [2.75, 3.05) is 16.9 Å². The molecule has 1 aliphatic heterocycles. The average Bonchev–Trinajstić information content (AvgIpc) is 2.60. The van der Waals surface area contributed by atoms with E-state index in [1.165, 1.54) is 0 Å². The van der Waals surface area contributed by atoms with Gasteiger partial charge < -0.3 is 5.32 Å². The second kappa shape index (κ2) is 5.92. The summed E-state index contributed by atoms with van der Waals surface area (Å²) in [6.07, 6.45) is 2.85. The van der Waals surface area contributed by atoms with Crippen molar-refractivity contribution in [1.82, 2.24) is 5.32 Å². The van der Waals surface area contributed by atoms with E-state index >= 15 is 0 Å². The van der Waals surface area contributed by atoms with Crippen LogP contribution in [0, 0.1) is 13.8 Å². The Labute approximate surface area is 123 Å². The zero-order valence-electron chi connectivity index (χ0n) is 11.4. The van der Waals surface area contributed by atoms with E-state index in [1.54, 1.807) is 16.7 Å². The first-order valence-electron chi connectivity index (χ1n) is 6.24. The molecule has 0 radical (unpaired) electrons. The van der Waals surface area contributed by atoms with Crippen molar-refractivity contribution in [3.05, 3.63) is 29.3 Å². The van der Waals surface area contributed by atoms with E-state index in [4.69, 9.17) is 12.2 Å². The molecule has 1 aliphatic rings. The van der Waals surface area contributed by atoms with E-state index in [-0.39, 0.29) is 11.9 Å². The van der Waals surface area contributed by atoms with Crippen molar-refractivity contribution in [1.29, 1.82) is 0 Å². The molecular weight excluding hydrogens is 276 g/mol. The number of thiocarbonyl (C=S) groups is 1. The summed E-state index contributed by atoms with van der Waals surface area (Å²) in [5.74, 6) is 1.01. The predicted octanol–water partition coefficient (Wildman–Crippen LogP) is 2.65. The number of nitrogens with zero attached hydrogens (tertiary/aromatic N) is 1. The summed E-state index contributed by atoms with van der Waals surface area (Å²) in [7, 11) is 0. The molecule has 0 aromatic heterocycles. The Bertz CT molecular complexity index is 496. The topological polar surface area (TPSA) is 32.3 Å². The number of carbonyl (C=O) groups excluding carboxylic acids is 1. The van der Waals surface area contributed by atoms with Crippen LogP contribution in [0.15, 0.2) is 18.2 Å². The first kappa shape index (κ1) is 14.3. The van der Waals surface area contributed by atoms with Gasteiger partial charge in [0, 0.05) is 0 Å². The quantitative estimate of drug-likeness (QED) is 0.865. The Morgan fingerprint density at radius 2 is 1.95 bits per heavy atom. The maximum absolute atomic E-state index is 12.4. The molecule has 1 N–H and O–H groups in total. The molecule has 1 amide bonds. The molecule has 1 aromatic carbocycles. The summed E-state index contributed by atoms with van der Waals surface area (Å²) in [6, 6.07) is 5.90. The highest BCUT2D eigenvalue weighted by atomic mass is 32.2. The van der Waals surface area contributed by atoms with E-state index in [1.807, 2.05) is 32.2 Å². The Morgan fingerprint density at radius 1 is 1.32 bits per heavy atom. The van der Waals surface area contributed by atoms with Crippen molar-refractivity contribution < 1.29 is 4.79 Å². The molecule has 0 bridgehead atoms. The molecule has 0 unspecified atom stereocenters. The van der Waals surface area contributed by atoms with Gasteiger partial charge in [-0.1, -0.05) is 6.07 Å². The van der Waals surface area contributed by atoms with Crippen LogP contribution in [-0.2, 0) is 4.79 Å². The van der Waals surface area contributed by atoms with E-state index in [0.717, 1.165) is 29.0 Å². The maximum Gasteiger partial charge on any atom is 0.255 e. The first-order valence-corrected chi connectivity index (χ1v) is 8.05. The number of hydrogen-bond acceptors (Lipinski definition) is 3. The summed E-state index contributed by atoms with van der Waals surface area (Å²) in [5.41, 5.74) is 3.14. The van der Waals surface area contributed by atoms with E-state index in [2.05, 4.69) is 11.4 Å². The van der Waals surface area contributed by atoms with Gasteiger partial charge in [0.25, 0.3) is 5.91 Å². The van der Waals surface area contributed by atoms with Gasteiger partial charge in [-0.15, -0.1) is 0 Å². The Kier molecular flexibility index (Phi) is 4.47. The number of aryl methyl sites for hydroxylation is 2. The van der Waals surface area contributed by atoms with Crippen molar-refractivity contribution >= 4 is 40.7 Å². The number of rotatable bonds is 4. The molecule has 1 atom stereocenters. The van der Waals surface area contributed by atoms with Crippen LogP contribution in [0.2, 0.25) is 0 Å². The van der Waals surface area contributed by atoms with Crippen LogP contribution in [0.25, 0.3) is 0 Å². The number of anilines is 1. The molecule has 1 saturated heterocycles. The van der Waals surface area contributed by atoms with Gasteiger partial charge in [-0.2, -0.15) is 11.8 Å². The van der Waals surface area contributed by atoms with Crippen LogP contribution in [0.5, 0.6) is 0 Å². The third-order valence-electron chi connectivity index (χ3n) is 3.09. The summed E-state index contributed by atoms with van der Waals surface area (Å²) in [4.78, 5) is 14.0. The fourth-order valence-corrected chi connectivity index (χ4v) is 3.10. The van der Waals surface area contributed by atoms with Gasteiger partial charge in [0.2, 0.25) is 0 Å². The lowest BCUT2D eigenvalue weighted by atomic mass is 10.1. The van der Waals surface area contributed by atoms with Crippen LogP contribution in [0.3, 0.4) is 0 Å².